The Morgan fingerprint density at radius 1 is 1.38 bits per heavy atom. The first-order chi connectivity index (χ1) is 9.79. The summed E-state index contributed by atoms with van der Waals surface area (Å²) < 4.78 is 0. The van der Waals surface area contributed by atoms with E-state index in [1.807, 2.05) is 19.9 Å². The predicted octanol–water partition coefficient (Wildman–Crippen LogP) is 3.69. The maximum atomic E-state index is 12.5. The van der Waals surface area contributed by atoms with Gasteiger partial charge in [-0.2, -0.15) is 0 Å². The third kappa shape index (κ3) is 4.12. The number of halogens is 2. The molecule has 0 aliphatic carbocycles. The Morgan fingerprint density at radius 3 is 2.76 bits per heavy atom. The van der Waals surface area contributed by atoms with Crippen molar-refractivity contribution in [2.45, 2.75) is 32.2 Å². The van der Waals surface area contributed by atoms with Gasteiger partial charge in [-0.25, -0.2) is 0 Å². The molecule has 5 heteroatoms. The maximum Gasteiger partial charge on any atom is 0.225 e. The van der Waals surface area contributed by atoms with Gasteiger partial charge in [0, 0.05) is 16.6 Å². The molecule has 3 nitrogen and oxygen atoms in total. The number of piperidine rings is 1. The molecule has 0 radical (unpaired) electrons. The van der Waals surface area contributed by atoms with Crippen molar-refractivity contribution in [2.75, 3.05) is 20.1 Å². The van der Waals surface area contributed by atoms with E-state index in [9.17, 15) is 4.79 Å². The summed E-state index contributed by atoms with van der Waals surface area (Å²) >= 11 is 12.3. The largest absolute Gasteiger partial charge is 0.347 e. The van der Waals surface area contributed by atoms with Crippen LogP contribution in [0.4, 0.5) is 0 Å². The van der Waals surface area contributed by atoms with E-state index in [0.29, 0.717) is 10.0 Å². The fraction of sp³-hybridized carbons (Fsp3) is 0.562. The highest BCUT2D eigenvalue weighted by molar-refractivity contribution is 6.33. The number of amides is 1. The van der Waals surface area contributed by atoms with Crippen LogP contribution < -0.4 is 5.32 Å². The molecule has 0 bridgehead atoms. The summed E-state index contributed by atoms with van der Waals surface area (Å²) in [7, 11) is 2.05. The second-order valence-corrected chi connectivity index (χ2v) is 7.18. The van der Waals surface area contributed by atoms with Crippen molar-refractivity contribution in [3.63, 3.8) is 0 Å². The van der Waals surface area contributed by atoms with Gasteiger partial charge in [0.2, 0.25) is 5.91 Å². The Morgan fingerprint density at radius 2 is 2.10 bits per heavy atom. The van der Waals surface area contributed by atoms with Crippen molar-refractivity contribution in [2.24, 2.45) is 5.92 Å². The topological polar surface area (TPSA) is 32.3 Å². The highest BCUT2D eigenvalue weighted by atomic mass is 35.5. The standard InChI is InChI=1S/C16H22Cl2N2O/c1-16(2,13-9-12(17)6-7-14(13)18)19-15(21)11-5-4-8-20(3)10-11/h6-7,9,11H,4-5,8,10H2,1-3H3,(H,19,21)/t11-/m0/s1. The Balaban J connectivity index is 2.12. The average molecular weight is 329 g/mol. The van der Waals surface area contributed by atoms with Gasteiger partial charge >= 0.3 is 0 Å². The van der Waals surface area contributed by atoms with Crippen molar-refractivity contribution in [1.29, 1.82) is 0 Å². The number of carbonyl (C=O) groups excluding carboxylic acids is 1. The van der Waals surface area contributed by atoms with Crippen LogP contribution in [-0.4, -0.2) is 30.9 Å². The van der Waals surface area contributed by atoms with Gasteiger partial charge in [0.25, 0.3) is 0 Å². The van der Waals surface area contributed by atoms with E-state index in [1.54, 1.807) is 12.1 Å². The van der Waals surface area contributed by atoms with Crippen molar-refractivity contribution in [3.8, 4) is 0 Å². The number of rotatable bonds is 3. The summed E-state index contributed by atoms with van der Waals surface area (Å²) in [6.45, 7) is 5.78. The van der Waals surface area contributed by atoms with Gasteiger partial charge in [-0.3, -0.25) is 4.79 Å². The van der Waals surface area contributed by atoms with E-state index in [-0.39, 0.29) is 11.8 Å². The lowest BCUT2D eigenvalue weighted by molar-refractivity contribution is -0.128. The number of benzene rings is 1. The van der Waals surface area contributed by atoms with Gasteiger partial charge < -0.3 is 10.2 Å². The number of hydrogen-bond acceptors (Lipinski definition) is 2. The first-order valence-electron chi connectivity index (χ1n) is 7.25. The molecule has 21 heavy (non-hydrogen) atoms. The van der Waals surface area contributed by atoms with Crippen LogP contribution in [0.15, 0.2) is 18.2 Å². The van der Waals surface area contributed by atoms with Crippen molar-refractivity contribution in [3.05, 3.63) is 33.8 Å². The average Bonchev–Trinajstić information content (AvgIpc) is 2.41. The molecule has 1 amide bonds. The summed E-state index contributed by atoms with van der Waals surface area (Å²) in [6.07, 6.45) is 2.00. The van der Waals surface area contributed by atoms with Crippen LogP contribution in [0.3, 0.4) is 0 Å². The molecule has 1 aliphatic heterocycles. The summed E-state index contributed by atoms with van der Waals surface area (Å²) in [4.78, 5) is 14.7. The number of carbonyl (C=O) groups is 1. The number of hydrogen-bond donors (Lipinski definition) is 1. The fourth-order valence-corrected chi connectivity index (χ4v) is 3.36. The Bertz CT molecular complexity index is 531. The monoisotopic (exact) mass is 328 g/mol. The van der Waals surface area contributed by atoms with Gasteiger partial charge in [-0.15, -0.1) is 0 Å². The second-order valence-electron chi connectivity index (χ2n) is 6.34. The van der Waals surface area contributed by atoms with Crippen LogP contribution in [-0.2, 0) is 10.3 Å². The first kappa shape index (κ1) is 16.6. The molecular weight excluding hydrogens is 307 g/mol. The van der Waals surface area contributed by atoms with Gasteiger partial charge in [-0.1, -0.05) is 23.2 Å². The fourth-order valence-electron chi connectivity index (χ4n) is 2.83. The Kier molecular flexibility index (Phi) is 5.18. The lowest BCUT2D eigenvalue weighted by Crippen LogP contribution is -2.48. The SMILES string of the molecule is CN1CCC[C@H](C(=O)NC(C)(C)c2cc(Cl)ccc2Cl)C1. The van der Waals surface area contributed by atoms with Crippen LogP contribution in [0.5, 0.6) is 0 Å². The molecule has 0 saturated carbocycles. The molecule has 116 valence electrons. The van der Waals surface area contributed by atoms with Crippen molar-refractivity contribution >= 4 is 29.1 Å². The van der Waals surface area contributed by atoms with Crippen LogP contribution in [0.1, 0.15) is 32.3 Å². The molecule has 1 saturated heterocycles. The van der Waals surface area contributed by atoms with Crippen LogP contribution in [0.25, 0.3) is 0 Å². The molecule has 1 N–H and O–H groups in total. The predicted molar refractivity (Wildman–Crippen MR) is 87.9 cm³/mol. The molecule has 1 fully saturated rings. The molecule has 1 aromatic carbocycles. The lowest BCUT2D eigenvalue weighted by Gasteiger charge is -2.33. The zero-order valence-corrected chi connectivity index (χ0v) is 14.3. The number of nitrogens with zero attached hydrogens (tertiary/aromatic N) is 1. The summed E-state index contributed by atoms with van der Waals surface area (Å²) in [5.74, 6) is 0.128. The number of nitrogens with one attached hydrogen (secondary N) is 1. The normalized spacial score (nSPS) is 20.3. The van der Waals surface area contributed by atoms with E-state index in [1.165, 1.54) is 0 Å². The smallest absolute Gasteiger partial charge is 0.225 e. The zero-order valence-electron chi connectivity index (χ0n) is 12.7. The van der Waals surface area contributed by atoms with Crippen molar-refractivity contribution < 1.29 is 4.79 Å². The molecule has 0 spiro atoms. The molecule has 1 atom stereocenters. The Labute approximate surface area is 136 Å². The van der Waals surface area contributed by atoms with Crippen LogP contribution >= 0.6 is 23.2 Å². The minimum atomic E-state index is -0.547. The molecular formula is C16H22Cl2N2O. The molecule has 0 unspecified atom stereocenters. The molecule has 1 aromatic rings. The second kappa shape index (κ2) is 6.55. The highest BCUT2D eigenvalue weighted by Gasteiger charge is 2.30. The van der Waals surface area contributed by atoms with Gasteiger partial charge in [0.1, 0.15) is 0 Å². The molecule has 1 heterocycles. The Hall–Kier alpha value is -0.770. The van der Waals surface area contributed by atoms with Gasteiger partial charge in [0.15, 0.2) is 0 Å². The zero-order chi connectivity index (χ0) is 15.6. The summed E-state index contributed by atoms with van der Waals surface area (Å²) in [5.41, 5.74) is 0.295. The van der Waals surface area contributed by atoms with Gasteiger partial charge in [-0.05, 0) is 64.0 Å². The molecule has 2 rings (SSSR count). The highest BCUT2D eigenvalue weighted by Crippen LogP contribution is 2.31. The van der Waals surface area contributed by atoms with E-state index >= 15 is 0 Å². The quantitative estimate of drug-likeness (QED) is 0.917. The minimum absolute atomic E-state index is 0.0426. The molecule has 1 aliphatic rings. The van der Waals surface area contributed by atoms with E-state index < -0.39 is 5.54 Å². The molecule has 0 aromatic heterocycles. The first-order valence-corrected chi connectivity index (χ1v) is 8.01. The number of likely N-dealkylation sites (tertiary alicyclic amines) is 1. The van der Waals surface area contributed by atoms with Crippen LogP contribution in [0, 0.1) is 5.92 Å². The van der Waals surface area contributed by atoms with Crippen LogP contribution in [0.2, 0.25) is 10.0 Å². The van der Waals surface area contributed by atoms with Crippen molar-refractivity contribution in [1.82, 2.24) is 10.2 Å². The summed E-state index contributed by atoms with van der Waals surface area (Å²) in [6, 6.07) is 5.33. The van der Waals surface area contributed by atoms with Gasteiger partial charge in [0.05, 0.1) is 11.5 Å². The third-order valence-electron chi connectivity index (χ3n) is 4.03. The lowest BCUT2D eigenvalue weighted by atomic mass is 9.91. The summed E-state index contributed by atoms with van der Waals surface area (Å²) in [5, 5.41) is 4.36. The van der Waals surface area contributed by atoms with E-state index in [2.05, 4.69) is 17.3 Å². The minimum Gasteiger partial charge on any atom is -0.347 e. The van der Waals surface area contributed by atoms with E-state index in [4.69, 9.17) is 23.2 Å². The van der Waals surface area contributed by atoms with E-state index in [0.717, 1.165) is 31.5 Å². The maximum absolute atomic E-state index is 12.5. The third-order valence-corrected chi connectivity index (χ3v) is 4.60.